The van der Waals surface area contributed by atoms with E-state index >= 15 is 0 Å². The number of nitrogens with zero attached hydrogens (tertiary/aromatic N) is 2. The molecule has 1 aromatic carbocycles. The van der Waals surface area contributed by atoms with Gasteiger partial charge in [-0.25, -0.2) is 0 Å². The van der Waals surface area contributed by atoms with Crippen molar-refractivity contribution in [1.82, 2.24) is 9.78 Å². The lowest BCUT2D eigenvalue weighted by Gasteiger charge is -2.10. The van der Waals surface area contributed by atoms with Crippen LogP contribution in [0.3, 0.4) is 0 Å². The number of benzene rings is 1. The van der Waals surface area contributed by atoms with Crippen LogP contribution in [0.25, 0.3) is 11.3 Å². The molecule has 84 valence electrons. The molecule has 0 fully saturated rings. The van der Waals surface area contributed by atoms with Crippen LogP contribution in [0.4, 0.5) is 5.69 Å². The van der Waals surface area contributed by atoms with Crippen molar-refractivity contribution in [1.29, 1.82) is 0 Å². The molecule has 0 saturated carbocycles. The molecule has 0 radical (unpaired) electrons. The highest BCUT2D eigenvalue weighted by molar-refractivity contribution is 9.10. The number of aryl methyl sites for hydroxylation is 1. The van der Waals surface area contributed by atoms with E-state index in [4.69, 9.17) is 10.5 Å². The van der Waals surface area contributed by atoms with Gasteiger partial charge in [0.05, 0.1) is 24.7 Å². The summed E-state index contributed by atoms with van der Waals surface area (Å²) >= 11 is 3.43. The van der Waals surface area contributed by atoms with Crippen LogP contribution in [0.15, 0.2) is 28.9 Å². The zero-order chi connectivity index (χ0) is 11.7. The summed E-state index contributed by atoms with van der Waals surface area (Å²) in [5, 5.41) is 4.12. The maximum absolute atomic E-state index is 5.89. The Hall–Kier alpha value is -1.49. The van der Waals surface area contributed by atoms with Crippen LogP contribution in [-0.4, -0.2) is 16.9 Å². The molecule has 1 heterocycles. The highest BCUT2D eigenvalue weighted by Gasteiger charge is 2.13. The maximum Gasteiger partial charge on any atom is 0.128 e. The predicted molar refractivity (Wildman–Crippen MR) is 67.3 cm³/mol. The molecule has 2 N–H and O–H groups in total. The van der Waals surface area contributed by atoms with E-state index in [1.165, 1.54) is 0 Å². The van der Waals surface area contributed by atoms with Crippen molar-refractivity contribution in [2.45, 2.75) is 0 Å². The molecule has 1 aromatic heterocycles. The molecule has 16 heavy (non-hydrogen) atoms. The third-order valence-electron chi connectivity index (χ3n) is 2.38. The number of nitrogens with two attached hydrogens (primary N) is 1. The Bertz CT molecular complexity index is 502. The molecule has 2 rings (SSSR count). The van der Waals surface area contributed by atoms with Gasteiger partial charge in [0.15, 0.2) is 0 Å². The van der Waals surface area contributed by atoms with Gasteiger partial charge in [0, 0.05) is 17.1 Å². The SMILES string of the molecule is COc1ccc(Br)cc1-c1c(N)cnn1C. The van der Waals surface area contributed by atoms with Crippen LogP contribution in [0.2, 0.25) is 0 Å². The molecular formula is C11H12BrN3O. The van der Waals surface area contributed by atoms with Gasteiger partial charge in [0.2, 0.25) is 0 Å². The molecule has 0 unspecified atom stereocenters. The highest BCUT2D eigenvalue weighted by atomic mass is 79.9. The molecule has 0 amide bonds. The van der Waals surface area contributed by atoms with Gasteiger partial charge in [-0.1, -0.05) is 15.9 Å². The number of nitrogen functional groups attached to an aromatic ring is 1. The first-order chi connectivity index (χ1) is 7.63. The Kier molecular flexibility index (Phi) is 2.87. The second-order valence-corrected chi connectivity index (χ2v) is 4.33. The fraction of sp³-hybridized carbons (Fsp3) is 0.182. The van der Waals surface area contributed by atoms with Crippen molar-refractivity contribution in [3.8, 4) is 17.0 Å². The van der Waals surface area contributed by atoms with Crippen LogP contribution in [0.1, 0.15) is 0 Å². The Balaban J connectivity index is 2.67. The molecule has 2 aromatic rings. The minimum atomic E-state index is 0.638. The van der Waals surface area contributed by atoms with E-state index < -0.39 is 0 Å². The third kappa shape index (κ3) is 1.78. The second kappa shape index (κ2) is 4.17. The molecule has 0 atom stereocenters. The van der Waals surface area contributed by atoms with Crippen LogP contribution in [-0.2, 0) is 7.05 Å². The third-order valence-corrected chi connectivity index (χ3v) is 2.88. The summed E-state index contributed by atoms with van der Waals surface area (Å²) in [4.78, 5) is 0. The first kappa shape index (κ1) is 11.0. The molecule has 0 aliphatic rings. The minimum absolute atomic E-state index is 0.638. The van der Waals surface area contributed by atoms with E-state index in [1.54, 1.807) is 18.0 Å². The quantitative estimate of drug-likeness (QED) is 0.920. The topological polar surface area (TPSA) is 53.1 Å². The number of rotatable bonds is 2. The first-order valence-corrected chi connectivity index (χ1v) is 5.54. The van der Waals surface area contributed by atoms with Gasteiger partial charge in [-0.2, -0.15) is 5.10 Å². The zero-order valence-corrected chi connectivity index (χ0v) is 10.7. The molecular weight excluding hydrogens is 270 g/mol. The molecule has 0 bridgehead atoms. The summed E-state index contributed by atoms with van der Waals surface area (Å²) in [6, 6.07) is 5.78. The zero-order valence-electron chi connectivity index (χ0n) is 9.07. The van der Waals surface area contributed by atoms with Crippen molar-refractivity contribution in [3.05, 3.63) is 28.9 Å². The van der Waals surface area contributed by atoms with Gasteiger partial charge in [-0.15, -0.1) is 0 Å². The number of ether oxygens (including phenoxy) is 1. The van der Waals surface area contributed by atoms with E-state index in [0.29, 0.717) is 5.69 Å². The average Bonchev–Trinajstić information content (AvgIpc) is 2.58. The van der Waals surface area contributed by atoms with Crippen LogP contribution in [0.5, 0.6) is 5.75 Å². The molecule has 0 saturated heterocycles. The van der Waals surface area contributed by atoms with Gasteiger partial charge < -0.3 is 10.5 Å². The Morgan fingerprint density at radius 2 is 2.19 bits per heavy atom. The van der Waals surface area contributed by atoms with Crippen LogP contribution >= 0.6 is 15.9 Å². The number of methoxy groups -OCH3 is 1. The minimum Gasteiger partial charge on any atom is -0.496 e. The van der Waals surface area contributed by atoms with E-state index in [0.717, 1.165) is 21.5 Å². The highest BCUT2D eigenvalue weighted by Crippen LogP contribution is 2.35. The normalized spacial score (nSPS) is 10.4. The van der Waals surface area contributed by atoms with Crippen molar-refractivity contribution in [2.75, 3.05) is 12.8 Å². The smallest absolute Gasteiger partial charge is 0.128 e. The summed E-state index contributed by atoms with van der Waals surface area (Å²) in [5.74, 6) is 0.776. The number of halogens is 1. The summed E-state index contributed by atoms with van der Waals surface area (Å²) in [6.07, 6.45) is 1.63. The lowest BCUT2D eigenvalue weighted by atomic mass is 10.1. The Labute approximate surface area is 102 Å². The number of hydrogen-bond acceptors (Lipinski definition) is 3. The Morgan fingerprint density at radius 1 is 1.44 bits per heavy atom. The summed E-state index contributed by atoms with van der Waals surface area (Å²) in [6.45, 7) is 0. The predicted octanol–water partition coefficient (Wildman–Crippen LogP) is 2.44. The average molecular weight is 282 g/mol. The first-order valence-electron chi connectivity index (χ1n) is 4.75. The summed E-state index contributed by atoms with van der Waals surface area (Å²) in [7, 11) is 3.49. The lowest BCUT2D eigenvalue weighted by Crippen LogP contribution is -1.98. The summed E-state index contributed by atoms with van der Waals surface area (Å²) in [5.41, 5.74) is 8.32. The fourth-order valence-electron chi connectivity index (χ4n) is 1.65. The van der Waals surface area contributed by atoms with Gasteiger partial charge in [0.25, 0.3) is 0 Å². The van der Waals surface area contributed by atoms with E-state index in [1.807, 2.05) is 25.2 Å². The molecule has 0 spiro atoms. The fourth-order valence-corrected chi connectivity index (χ4v) is 2.01. The summed E-state index contributed by atoms with van der Waals surface area (Å²) < 4.78 is 8.03. The number of anilines is 1. The van der Waals surface area contributed by atoms with Crippen molar-refractivity contribution in [2.24, 2.45) is 7.05 Å². The van der Waals surface area contributed by atoms with Gasteiger partial charge in [0.1, 0.15) is 5.75 Å². The molecule has 5 heteroatoms. The monoisotopic (exact) mass is 281 g/mol. The van der Waals surface area contributed by atoms with Gasteiger partial charge in [-0.05, 0) is 18.2 Å². The number of aromatic nitrogens is 2. The lowest BCUT2D eigenvalue weighted by molar-refractivity contribution is 0.416. The van der Waals surface area contributed by atoms with Gasteiger partial charge in [-0.3, -0.25) is 4.68 Å². The largest absolute Gasteiger partial charge is 0.496 e. The van der Waals surface area contributed by atoms with E-state index in [9.17, 15) is 0 Å². The number of hydrogen-bond donors (Lipinski definition) is 1. The molecule has 0 aliphatic carbocycles. The van der Waals surface area contributed by atoms with E-state index in [2.05, 4.69) is 21.0 Å². The Morgan fingerprint density at radius 3 is 2.75 bits per heavy atom. The second-order valence-electron chi connectivity index (χ2n) is 3.42. The molecule has 0 aliphatic heterocycles. The van der Waals surface area contributed by atoms with Crippen molar-refractivity contribution in [3.63, 3.8) is 0 Å². The standard InChI is InChI=1S/C11H12BrN3O/c1-15-11(9(13)6-14-15)8-5-7(12)3-4-10(8)16-2/h3-6H,13H2,1-2H3. The van der Waals surface area contributed by atoms with Crippen molar-refractivity contribution >= 4 is 21.6 Å². The van der Waals surface area contributed by atoms with Crippen molar-refractivity contribution < 1.29 is 4.74 Å². The van der Waals surface area contributed by atoms with Crippen LogP contribution < -0.4 is 10.5 Å². The van der Waals surface area contributed by atoms with Crippen LogP contribution in [0, 0.1) is 0 Å². The molecule has 4 nitrogen and oxygen atoms in total. The van der Waals surface area contributed by atoms with Gasteiger partial charge >= 0.3 is 0 Å². The maximum atomic E-state index is 5.89. The van der Waals surface area contributed by atoms with E-state index in [-0.39, 0.29) is 0 Å².